The second kappa shape index (κ2) is 7.86. The summed E-state index contributed by atoms with van der Waals surface area (Å²) in [6.07, 6.45) is 1.86. The fourth-order valence-corrected chi connectivity index (χ4v) is 3.61. The van der Waals surface area contributed by atoms with Crippen LogP contribution in [-0.4, -0.2) is 88.8 Å². The highest BCUT2D eigenvalue weighted by atomic mass is 16.6. The number of rotatable bonds is 3. The Morgan fingerprint density at radius 1 is 1.24 bits per heavy atom. The van der Waals surface area contributed by atoms with Crippen LogP contribution in [0.5, 0.6) is 0 Å². The van der Waals surface area contributed by atoms with E-state index in [4.69, 9.17) is 4.74 Å². The number of hydrogen-bond donors (Lipinski definition) is 1. The normalized spacial score (nSPS) is 22.1. The van der Waals surface area contributed by atoms with E-state index in [0.717, 1.165) is 44.7 Å². The second-order valence-electron chi connectivity index (χ2n) is 6.71. The molecule has 0 spiro atoms. The highest BCUT2D eigenvalue weighted by Gasteiger charge is 2.32. The minimum absolute atomic E-state index is 0.000732. The Hall–Kier alpha value is -2.09. The van der Waals surface area contributed by atoms with E-state index in [1.54, 1.807) is 11.0 Å². The van der Waals surface area contributed by atoms with Crippen molar-refractivity contribution in [2.75, 3.05) is 45.9 Å². The van der Waals surface area contributed by atoms with Crippen LogP contribution in [-0.2, 0) is 4.74 Å². The Bertz CT molecular complexity index is 609. The monoisotopic (exact) mass is 349 g/mol. The molecule has 8 heteroatoms. The molecule has 0 aromatic carbocycles. The van der Waals surface area contributed by atoms with Crippen molar-refractivity contribution in [2.24, 2.45) is 0 Å². The number of piperazine rings is 1. The van der Waals surface area contributed by atoms with Gasteiger partial charge in [0.25, 0.3) is 5.91 Å². The summed E-state index contributed by atoms with van der Waals surface area (Å²) in [6.45, 7) is 8.65. The first-order valence-electron chi connectivity index (χ1n) is 9.05. The summed E-state index contributed by atoms with van der Waals surface area (Å²) in [4.78, 5) is 30.5. The van der Waals surface area contributed by atoms with Crippen LogP contribution in [0, 0.1) is 6.92 Å². The lowest BCUT2D eigenvalue weighted by Crippen LogP contribution is -2.56. The molecule has 2 aliphatic heterocycles. The van der Waals surface area contributed by atoms with Crippen LogP contribution in [0.25, 0.3) is 0 Å². The zero-order valence-electron chi connectivity index (χ0n) is 15.0. The molecule has 2 saturated heterocycles. The average Bonchev–Trinajstić information content (AvgIpc) is 3.08. The van der Waals surface area contributed by atoms with Gasteiger partial charge in [-0.25, -0.2) is 4.79 Å². The molecule has 2 aliphatic rings. The van der Waals surface area contributed by atoms with Gasteiger partial charge in [0, 0.05) is 51.0 Å². The first-order chi connectivity index (χ1) is 12.1. The van der Waals surface area contributed by atoms with Crippen molar-refractivity contribution in [1.82, 2.24) is 24.9 Å². The Morgan fingerprint density at radius 2 is 2.00 bits per heavy atom. The molecule has 1 atom stereocenters. The molecule has 1 N–H and O–H groups in total. The van der Waals surface area contributed by atoms with Crippen molar-refractivity contribution in [3.05, 3.63) is 17.5 Å². The molecule has 0 saturated carbocycles. The Balaban J connectivity index is 1.54. The van der Waals surface area contributed by atoms with Crippen molar-refractivity contribution in [3.8, 4) is 0 Å². The van der Waals surface area contributed by atoms with Crippen molar-refractivity contribution >= 4 is 12.0 Å². The molecule has 138 valence electrons. The lowest BCUT2D eigenvalue weighted by Gasteiger charge is -2.42. The lowest BCUT2D eigenvalue weighted by molar-refractivity contribution is 0.0375. The van der Waals surface area contributed by atoms with Gasteiger partial charge >= 0.3 is 6.09 Å². The van der Waals surface area contributed by atoms with Crippen LogP contribution in [0.4, 0.5) is 4.79 Å². The van der Waals surface area contributed by atoms with Crippen molar-refractivity contribution < 1.29 is 14.3 Å². The van der Waals surface area contributed by atoms with Gasteiger partial charge in [0.1, 0.15) is 5.69 Å². The summed E-state index contributed by atoms with van der Waals surface area (Å²) >= 11 is 0. The number of likely N-dealkylation sites (tertiary alicyclic amines) is 1. The van der Waals surface area contributed by atoms with Crippen molar-refractivity contribution in [1.29, 1.82) is 0 Å². The van der Waals surface area contributed by atoms with Gasteiger partial charge in [-0.2, -0.15) is 5.10 Å². The summed E-state index contributed by atoms with van der Waals surface area (Å²) in [5.41, 5.74) is 1.39. The van der Waals surface area contributed by atoms with E-state index in [-0.39, 0.29) is 12.0 Å². The number of nitrogens with one attached hydrogen (secondary N) is 1. The van der Waals surface area contributed by atoms with Gasteiger partial charge in [0.05, 0.1) is 6.61 Å². The van der Waals surface area contributed by atoms with Crippen LogP contribution in [0.1, 0.15) is 35.9 Å². The SMILES string of the molecule is CCOC(=O)N1CCN([C@H]2CCCN(C(=O)c3cc(C)[nH]n3)C2)CC1. The number of nitrogens with zero attached hydrogens (tertiary/aromatic N) is 4. The highest BCUT2D eigenvalue weighted by molar-refractivity contribution is 5.92. The maximum Gasteiger partial charge on any atom is 0.409 e. The molecular formula is C17H27N5O3. The van der Waals surface area contributed by atoms with Gasteiger partial charge in [-0.05, 0) is 32.8 Å². The molecule has 3 rings (SSSR count). The third-order valence-corrected chi connectivity index (χ3v) is 4.97. The topological polar surface area (TPSA) is 81.8 Å². The van der Waals surface area contributed by atoms with Gasteiger partial charge in [0.2, 0.25) is 0 Å². The number of H-pyrrole nitrogens is 1. The fraction of sp³-hybridized carbons (Fsp3) is 0.706. The van der Waals surface area contributed by atoms with E-state index >= 15 is 0 Å². The molecular weight excluding hydrogens is 322 g/mol. The van der Waals surface area contributed by atoms with Crippen molar-refractivity contribution in [2.45, 2.75) is 32.7 Å². The number of piperidine rings is 1. The van der Waals surface area contributed by atoms with E-state index in [2.05, 4.69) is 15.1 Å². The Morgan fingerprint density at radius 3 is 2.64 bits per heavy atom. The first kappa shape index (κ1) is 17.7. The van der Waals surface area contributed by atoms with Crippen LogP contribution in [0.3, 0.4) is 0 Å². The third kappa shape index (κ3) is 4.12. The van der Waals surface area contributed by atoms with Crippen LogP contribution in [0.15, 0.2) is 6.07 Å². The van der Waals surface area contributed by atoms with E-state index in [9.17, 15) is 9.59 Å². The summed E-state index contributed by atoms with van der Waals surface area (Å²) in [6, 6.07) is 2.14. The molecule has 25 heavy (non-hydrogen) atoms. The molecule has 1 aromatic rings. The summed E-state index contributed by atoms with van der Waals surface area (Å²) in [5, 5.41) is 6.92. The molecule has 0 unspecified atom stereocenters. The molecule has 2 amide bonds. The zero-order valence-corrected chi connectivity index (χ0v) is 15.0. The summed E-state index contributed by atoms with van der Waals surface area (Å²) in [7, 11) is 0. The molecule has 0 radical (unpaired) electrons. The van der Waals surface area contributed by atoms with Gasteiger partial charge in [0.15, 0.2) is 0 Å². The molecule has 1 aromatic heterocycles. The Kier molecular flexibility index (Phi) is 5.57. The molecule has 8 nitrogen and oxygen atoms in total. The van der Waals surface area contributed by atoms with E-state index in [1.165, 1.54) is 0 Å². The second-order valence-corrected chi connectivity index (χ2v) is 6.71. The number of amides is 2. The van der Waals surface area contributed by atoms with Gasteiger partial charge in [-0.1, -0.05) is 0 Å². The number of carbonyl (C=O) groups is 2. The minimum Gasteiger partial charge on any atom is -0.450 e. The van der Waals surface area contributed by atoms with Gasteiger partial charge < -0.3 is 14.5 Å². The number of hydrogen-bond acceptors (Lipinski definition) is 5. The maximum absolute atomic E-state index is 12.6. The predicted octanol–water partition coefficient (Wildman–Crippen LogP) is 1.10. The van der Waals surface area contributed by atoms with Crippen molar-refractivity contribution in [3.63, 3.8) is 0 Å². The fourth-order valence-electron chi connectivity index (χ4n) is 3.61. The lowest BCUT2D eigenvalue weighted by atomic mass is 10.0. The first-order valence-corrected chi connectivity index (χ1v) is 9.05. The standard InChI is InChI=1S/C17H27N5O3/c1-3-25-17(24)21-9-7-20(8-10-21)14-5-4-6-22(12-14)16(23)15-11-13(2)18-19-15/h11,14H,3-10,12H2,1-2H3,(H,18,19)/t14-/m0/s1. The quantitative estimate of drug-likeness (QED) is 0.884. The van der Waals surface area contributed by atoms with Gasteiger partial charge in [-0.3, -0.25) is 14.8 Å². The number of aromatic nitrogens is 2. The van der Waals surface area contributed by atoms with Crippen LogP contribution < -0.4 is 0 Å². The number of carbonyl (C=O) groups excluding carboxylic acids is 2. The van der Waals surface area contributed by atoms with Crippen LogP contribution >= 0.6 is 0 Å². The molecule has 0 bridgehead atoms. The van der Waals surface area contributed by atoms with E-state index in [0.29, 0.717) is 31.4 Å². The smallest absolute Gasteiger partial charge is 0.409 e. The summed E-state index contributed by atoms with van der Waals surface area (Å²) < 4.78 is 5.07. The maximum atomic E-state index is 12.6. The third-order valence-electron chi connectivity index (χ3n) is 4.97. The largest absolute Gasteiger partial charge is 0.450 e. The molecule has 0 aliphatic carbocycles. The number of ether oxygens (including phenoxy) is 1. The van der Waals surface area contributed by atoms with E-state index < -0.39 is 0 Å². The van der Waals surface area contributed by atoms with Crippen LogP contribution in [0.2, 0.25) is 0 Å². The minimum atomic E-state index is -0.225. The molecule has 3 heterocycles. The number of aryl methyl sites for hydroxylation is 1. The van der Waals surface area contributed by atoms with Gasteiger partial charge in [-0.15, -0.1) is 0 Å². The van der Waals surface area contributed by atoms with E-state index in [1.807, 2.05) is 18.7 Å². The molecule has 2 fully saturated rings. The summed E-state index contributed by atoms with van der Waals surface area (Å²) in [5.74, 6) is -0.000732. The Labute approximate surface area is 148 Å². The average molecular weight is 349 g/mol. The highest BCUT2D eigenvalue weighted by Crippen LogP contribution is 2.19. The number of aromatic amines is 1. The zero-order chi connectivity index (χ0) is 17.8. The predicted molar refractivity (Wildman–Crippen MR) is 92.4 cm³/mol.